The van der Waals surface area contributed by atoms with Gasteiger partial charge in [-0.2, -0.15) is 0 Å². The van der Waals surface area contributed by atoms with E-state index in [-0.39, 0.29) is 22.7 Å². The van der Waals surface area contributed by atoms with E-state index in [9.17, 15) is 19.5 Å². The van der Waals surface area contributed by atoms with Crippen molar-refractivity contribution in [2.75, 3.05) is 17.3 Å². The lowest BCUT2D eigenvalue weighted by Crippen LogP contribution is -2.29. The highest BCUT2D eigenvalue weighted by Crippen LogP contribution is 2.44. The average Bonchev–Trinajstić information content (AvgIpc) is 3.13. The number of pyridine rings is 1. The van der Waals surface area contributed by atoms with E-state index in [1.54, 1.807) is 60.9 Å². The zero-order chi connectivity index (χ0) is 26.9. The lowest BCUT2D eigenvalue weighted by atomic mass is 9.85. The lowest BCUT2D eigenvalue weighted by molar-refractivity contribution is -0.132. The van der Waals surface area contributed by atoms with Crippen LogP contribution in [0, 0.1) is 0 Å². The molecule has 37 heavy (non-hydrogen) atoms. The molecule has 190 valence electrons. The molecule has 1 aliphatic rings. The van der Waals surface area contributed by atoms with Crippen molar-refractivity contribution in [3.63, 3.8) is 0 Å². The average molecular weight is 500 g/mol. The summed E-state index contributed by atoms with van der Waals surface area (Å²) in [5.41, 5.74) is 2.32. The summed E-state index contributed by atoms with van der Waals surface area (Å²) in [4.78, 5) is 44.0. The number of amides is 2. The predicted molar refractivity (Wildman–Crippen MR) is 141 cm³/mol. The molecule has 1 saturated heterocycles. The summed E-state index contributed by atoms with van der Waals surface area (Å²) in [6, 6.07) is 14.5. The van der Waals surface area contributed by atoms with E-state index in [0.717, 1.165) is 5.56 Å². The van der Waals surface area contributed by atoms with Crippen LogP contribution in [-0.4, -0.2) is 34.8 Å². The molecule has 1 aliphatic heterocycles. The zero-order valence-electron chi connectivity index (χ0n) is 21.4. The Bertz CT molecular complexity index is 1410. The minimum atomic E-state index is -0.954. The van der Waals surface area contributed by atoms with E-state index < -0.39 is 17.7 Å². The third kappa shape index (κ3) is 4.95. The van der Waals surface area contributed by atoms with Crippen LogP contribution in [-0.2, 0) is 19.8 Å². The van der Waals surface area contributed by atoms with E-state index in [0.29, 0.717) is 28.3 Å². The van der Waals surface area contributed by atoms with Crippen LogP contribution in [0.2, 0.25) is 0 Å². The second kappa shape index (κ2) is 9.89. The summed E-state index contributed by atoms with van der Waals surface area (Å²) >= 11 is 0. The topological polar surface area (TPSA) is 109 Å². The van der Waals surface area contributed by atoms with E-state index in [2.05, 4.69) is 10.3 Å². The van der Waals surface area contributed by atoms with Gasteiger partial charge in [-0.1, -0.05) is 39.0 Å². The molecule has 2 amide bonds. The number of nitrogens with one attached hydrogen (secondary N) is 1. The molecule has 1 atom stereocenters. The van der Waals surface area contributed by atoms with Crippen LogP contribution in [0.3, 0.4) is 0 Å². The van der Waals surface area contributed by atoms with E-state index in [1.165, 1.54) is 18.9 Å². The molecule has 3 aromatic rings. The molecule has 0 bridgehead atoms. The molecule has 0 spiro atoms. The number of rotatable bonds is 5. The number of aliphatic hydroxyl groups is 1. The van der Waals surface area contributed by atoms with Gasteiger partial charge in [-0.3, -0.25) is 24.3 Å². The van der Waals surface area contributed by atoms with Crippen LogP contribution in [0.25, 0.3) is 5.76 Å². The molecule has 8 heteroatoms. The maximum Gasteiger partial charge on any atom is 0.300 e. The standard InChI is InChI=1S/C29H29N3O5/c1-17(33)31-20-9-6-10-21(15-20)32-25(18-8-7-13-30-16-18)24(27(35)28(32)36)26(34)22-14-19(29(2,3)4)11-12-23(22)37-5/h6-16,25,34H,1-5H3,(H,31,33)/b26-24+. The van der Waals surface area contributed by atoms with E-state index in [4.69, 9.17) is 4.74 Å². The number of nitrogens with zero attached hydrogens (tertiary/aromatic N) is 2. The number of Topliss-reactive ketones (excluding diaryl/α,β-unsaturated/α-hetero) is 1. The molecular formula is C29H29N3O5. The van der Waals surface area contributed by atoms with Crippen molar-refractivity contribution < 1.29 is 24.2 Å². The van der Waals surface area contributed by atoms with Gasteiger partial charge in [0.05, 0.1) is 24.3 Å². The third-order valence-electron chi connectivity index (χ3n) is 6.21. The maximum absolute atomic E-state index is 13.5. The number of benzene rings is 2. The Morgan fingerprint density at radius 1 is 1.08 bits per heavy atom. The first-order valence-corrected chi connectivity index (χ1v) is 11.8. The molecule has 0 saturated carbocycles. The first-order chi connectivity index (χ1) is 17.5. The third-order valence-corrected chi connectivity index (χ3v) is 6.21. The van der Waals surface area contributed by atoms with Crippen molar-refractivity contribution in [1.82, 2.24) is 4.98 Å². The summed E-state index contributed by atoms with van der Waals surface area (Å²) in [7, 11) is 1.48. The van der Waals surface area contributed by atoms with Gasteiger partial charge in [-0.25, -0.2) is 0 Å². The van der Waals surface area contributed by atoms with Crippen molar-refractivity contribution >= 4 is 34.7 Å². The van der Waals surface area contributed by atoms with Gasteiger partial charge in [0.2, 0.25) is 5.91 Å². The highest BCUT2D eigenvalue weighted by molar-refractivity contribution is 6.51. The quantitative estimate of drug-likeness (QED) is 0.291. The minimum absolute atomic E-state index is 0.0766. The van der Waals surface area contributed by atoms with Crippen molar-refractivity contribution in [2.45, 2.75) is 39.2 Å². The summed E-state index contributed by atoms with van der Waals surface area (Å²) in [5, 5.41) is 14.3. The SMILES string of the molecule is COc1ccc(C(C)(C)C)cc1/C(O)=C1\C(=O)C(=O)N(c2cccc(NC(C)=O)c2)C1c1cccnc1. The number of anilines is 2. The predicted octanol–water partition coefficient (Wildman–Crippen LogP) is 4.97. The van der Waals surface area contributed by atoms with Gasteiger partial charge in [0.15, 0.2) is 0 Å². The molecule has 8 nitrogen and oxygen atoms in total. The summed E-state index contributed by atoms with van der Waals surface area (Å²) < 4.78 is 5.50. The van der Waals surface area contributed by atoms with Gasteiger partial charge in [-0.15, -0.1) is 0 Å². The number of aliphatic hydroxyl groups excluding tert-OH is 1. The molecule has 4 rings (SSSR count). The number of carbonyl (C=O) groups excluding carboxylic acids is 3. The number of carbonyl (C=O) groups is 3. The van der Waals surface area contributed by atoms with Gasteiger partial charge in [0, 0.05) is 30.7 Å². The number of ketones is 1. The smallest absolute Gasteiger partial charge is 0.300 e. The first kappa shape index (κ1) is 25.6. The molecular weight excluding hydrogens is 470 g/mol. The van der Waals surface area contributed by atoms with E-state index in [1.807, 2.05) is 26.8 Å². The molecule has 2 aromatic carbocycles. The van der Waals surface area contributed by atoms with Crippen molar-refractivity contribution in [3.05, 3.63) is 89.3 Å². The highest BCUT2D eigenvalue weighted by atomic mass is 16.5. The van der Waals surface area contributed by atoms with Crippen LogP contribution in [0.4, 0.5) is 11.4 Å². The molecule has 1 aromatic heterocycles. The molecule has 0 radical (unpaired) electrons. The molecule has 0 aliphatic carbocycles. The Morgan fingerprint density at radius 2 is 1.84 bits per heavy atom. The zero-order valence-corrected chi connectivity index (χ0v) is 21.4. The summed E-state index contributed by atoms with van der Waals surface area (Å²) in [6.45, 7) is 7.49. The van der Waals surface area contributed by atoms with Crippen molar-refractivity contribution in [3.8, 4) is 5.75 Å². The van der Waals surface area contributed by atoms with Crippen LogP contribution in [0.15, 0.2) is 72.6 Å². The van der Waals surface area contributed by atoms with Crippen LogP contribution in [0.1, 0.15) is 50.4 Å². The normalized spacial score (nSPS) is 17.1. The minimum Gasteiger partial charge on any atom is -0.507 e. The Labute approximate surface area is 215 Å². The maximum atomic E-state index is 13.5. The van der Waals surface area contributed by atoms with Gasteiger partial charge in [0.25, 0.3) is 11.7 Å². The van der Waals surface area contributed by atoms with Gasteiger partial charge in [-0.05, 0) is 52.9 Å². The Morgan fingerprint density at radius 3 is 2.46 bits per heavy atom. The monoisotopic (exact) mass is 499 g/mol. The molecule has 2 heterocycles. The van der Waals surface area contributed by atoms with Crippen molar-refractivity contribution in [1.29, 1.82) is 0 Å². The Balaban J connectivity index is 1.96. The fourth-order valence-corrected chi connectivity index (χ4v) is 4.39. The number of hydrogen-bond acceptors (Lipinski definition) is 6. The second-order valence-corrected chi connectivity index (χ2v) is 9.85. The number of hydrogen-bond donors (Lipinski definition) is 2. The van der Waals surface area contributed by atoms with Gasteiger partial charge < -0.3 is 15.2 Å². The number of aromatic nitrogens is 1. The Hall–Kier alpha value is -4.46. The van der Waals surface area contributed by atoms with Crippen LogP contribution >= 0.6 is 0 Å². The van der Waals surface area contributed by atoms with Crippen molar-refractivity contribution in [2.24, 2.45) is 0 Å². The van der Waals surface area contributed by atoms with Gasteiger partial charge >= 0.3 is 0 Å². The summed E-state index contributed by atoms with van der Waals surface area (Å²) in [5.74, 6) is -1.88. The molecule has 2 N–H and O–H groups in total. The van der Waals surface area contributed by atoms with E-state index >= 15 is 0 Å². The molecule has 1 fully saturated rings. The largest absolute Gasteiger partial charge is 0.507 e. The highest BCUT2D eigenvalue weighted by Gasteiger charge is 2.47. The molecule has 1 unspecified atom stereocenters. The fraction of sp³-hybridized carbons (Fsp3) is 0.241. The first-order valence-electron chi connectivity index (χ1n) is 11.8. The summed E-state index contributed by atoms with van der Waals surface area (Å²) in [6.07, 6.45) is 3.14. The van der Waals surface area contributed by atoms with Crippen LogP contribution in [0.5, 0.6) is 5.75 Å². The fourth-order valence-electron chi connectivity index (χ4n) is 4.39. The number of methoxy groups -OCH3 is 1. The Kier molecular flexibility index (Phi) is 6.85. The second-order valence-electron chi connectivity index (χ2n) is 9.85. The van der Waals surface area contributed by atoms with Gasteiger partial charge in [0.1, 0.15) is 11.5 Å². The lowest BCUT2D eigenvalue weighted by Gasteiger charge is -2.26. The number of ether oxygens (including phenoxy) is 1. The van der Waals surface area contributed by atoms with Crippen LogP contribution < -0.4 is 15.0 Å².